The predicted molar refractivity (Wildman–Crippen MR) is 96.6 cm³/mol. The molecule has 0 radical (unpaired) electrons. The summed E-state index contributed by atoms with van der Waals surface area (Å²) in [4.78, 5) is 14.1. The Morgan fingerprint density at radius 1 is 1.24 bits per heavy atom. The summed E-state index contributed by atoms with van der Waals surface area (Å²) in [5, 5.41) is 9.84. The standard InChI is InChI=1S/C20H24FNO3/c1-4-5-20(24)17-9-8-16(25-3)11-19(17)22(13-23)12-15-7-6-14(2)18(21)10-15/h6-11,23H,4-5,12-13H2,1-3H3. The zero-order chi connectivity index (χ0) is 18.4. The van der Waals surface area contributed by atoms with Crippen molar-refractivity contribution in [2.24, 2.45) is 0 Å². The molecule has 0 amide bonds. The number of methoxy groups -OCH3 is 1. The minimum absolute atomic E-state index is 0.00805. The Kier molecular flexibility index (Phi) is 6.53. The lowest BCUT2D eigenvalue weighted by molar-refractivity contribution is 0.0982. The molecule has 2 aromatic carbocycles. The molecule has 0 saturated heterocycles. The van der Waals surface area contributed by atoms with Gasteiger partial charge < -0.3 is 14.7 Å². The minimum Gasteiger partial charge on any atom is -0.497 e. The number of aliphatic hydroxyl groups is 1. The summed E-state index contributed by atoms with van der Waals surface area (Å²) in [6.45, 7) is 3.63. The third kappa shape index (κ3) is 4.57. The number of aliphatic hydroxyl groups excluding tert-OH is 1. The van der Waals surface area contributed by atoms with Gasteiger partial charge in [0.25, 0.3) is 0 Å². The van der Waals surface area contributed by atoms with E-state index in [-0.39, 0.29) is 24.9 Å². The minimum atomic E-state index is -0.297. The smallest absolute Gasteiger partial charge is 0.164 e. The average Bonchev–Trinajstić information content (AvgIpc) is 2.62. The largest absolute Gasteiger partial charge is 0.497 e. The molecule has 2 rings (SSSR count). The quantitative estimate of drug-likeness (QED) is 0.578. The number of ketones is 1. The van der Waals surface area contributed by atoms with E-state index in [0.717, 1.165) is 6.42 Å². The molecule has 2 aromatic rings. The van der Waals surface area contributed by atoms with E-state index >= 15 is 0 Å². The Morgan fingerprint density at radius 2 is 2.00 bits per heavy atom. The fraction of sp³-hybridized carbons (Fsp3) is 0.350. The monoisotopic (exact) mass is 345 g/mol. The lowest BCUT2D eigenvalue weighted by atomic mass is 10.0. The number of anilines is 1. The molecule has 0 bridgehead atoms. The van der Waals surface area contributed by atoms with Gasteiger partial charge in [-0.3, -0.25) is 4.79 Å². The number of carbonyl (C=O) groups is 1. The van der Waals surface area contributed by atoms with Crippen LogP contribution in [0.4, 0.5) is 10.1 Å². The summed E-state index contributed by atoms with van der Waals surface area (Å²) in [7, 11) is 1.55. The number of nitrogens with zero attached hydrogens (tertiary/aromatic N) is 1. The van der Waals surface area contributed by atoms with Crippen LogP contribution in [0.25, 0.3) is 0 Å². The molecule has 0 fully saturated rings. The second kappa shape index (κ2) is 8.62. The van der Waals surface area contributed by atoms with Crippen LogP contribution >= 0.6 is 0 Å². The van der Waals surface area contributed by atoms with Crippen molar-refractivity contribution in [3.63, 3.8) is 0 Å². The number of ether oxygens (including phenoxy) is 1. The third-order valence-electron chi connectivity index (χ3n) is 4.10. The normalized spacial score (nSPS) is 10.6. The average molecular weight is 345 g/mol. The summed E-state index contributed by atoms with van der Waals surface area (Å²) in [6, 6.07) is 10.1. The van der Waals surface area contributed by atoms with Crippen molar-refractivity contribution in [1.29, 1.82) is 0 Å². The summed E-state index contributed by atoms with van der Waals surface area (Å²) >= 11 is 0. The number of Topliss-reactive ketones (excluding diaryl/α,β-unsaturated/α-hetero) is 1. The second-order valence-corrected chi connectivity index (χ2v) is 5.98. The molecule has 0 aliphatic carbocycles. The Bertz CT molecular complexity index is 746. The van der Waals surface area contributed by atoms with Gasteiger partial charge >= 0.3 is 0 Å². The molecule has 0 saturated carbocycles. The lowest BCUT2D eigenvalue weighted by Gasteiger charge is -2.25. The molecule has 1 N–H and O–H groups in total. The van der Waals surface area contributed by atoms with Crippen LogP contribution in [-0.4, -0.2) is 24.7 Å². The van der Waals surface area contributed by atoms with Crippen molar-refractivity contribution in [3.05, 3.63) is 58.9 Å². The maximum absolute atomic E-state index is 13.8. The summed E-state index contributed by atoms with van der Waals surface area (Å²) < 4.78 is 19.1. The number of hydrogen-bond donors (Lipinski definition) is 1. The molecule has 25 heavy (non-hydrogen) atoms. The Labute approximate surface area is 147 Å². The van der Waals surface area contributed by atoms with Crippen molar-refractivity contribution >= 4 is 11.5 Å². The molecule has 4 nitrogen and oxygen atoms in total. The van der Waals surface area contributed by atoms with Gasteiger partial charge in [-0.1, -0.05) is 19.1 Å². The van der Waals surface area contributed by atoms with Crippen LogP contribution in [0.15, 0.2) is 36.4 Å². The highest BCUT2D eigenvalue weighted by Gasteiger charge is 2.17. The first-order chi connectivity index (χ1) is 12.0. The summed E-state index contributed by atoms with van der Waals surface area (Å²) in [6.07, 6.45) is 1.17. The first kappa shape index (κ1) is 18.9. The van der Waals surface area contributed by atoms with Crippen molar-refractivity contribution in [2.45, 2.75) is 33.2 Å². The van der Waals surface area contributed by atoms with Gasteiger partial charge in [-0.2, -0.15) is 0 Å². The Balaban J connectivity index is 2.40. The van der Waals surface area contributed by atoms with Crippen LogP contribution in [0.1, 0.15) is 41.3 Å². The van der Waals surface area contributed by atoms with Gasteiger partial charge in [-0.15, -0.1) is 0 Å². The molecule has 0 aromatic heterocycles. The van der Waals surface area contributed by atoms with Crippen LogP contribution in [0, 0.1) is 12.7 Å². The van der Waals surface area contributed by atoms with Crippen molar-refractivity contribution in [3.8, 4) is 5.75 Å². The van der Waals surface area contributed by atoms with E-state index in [2.05, 4.69) is 0 Å². The fourth-order valence-electron chi connectivity index (χ4n) is 2.66. The fourth-order valence-corrected chi connectivity index (χ4v) is 2.66. The van der Waals surface area contributed by atoms with Gasteiger partial charge in [-0.05, 0) is 42.7 Å². The van der Waals surface area contributed by atoms with E-state index < -0.39 is 0 Å². The number of hydrogen-bond acceptors (Lipinski definition) is 4. The van der Waals surface area contributed by atoms with Gasteiger partial charge in [0.15, 0.2) is 5.78 Å². The number of carbonyl (C=O) groups excluding carboxylic acids is 1. The van der Waals surface area contributed by atoms with Crippen LogP contribution < -0.4 is 9.64 Å². The molecular formula is C20H24FNO3. The van der Waals surface area contributed by atoms with Crippen molar-refractivity contribution in [2.75, 3.05) is 18.7 Å². The maximum atomic E-state index is 13.8. The van der Waals surface area contributed by atoms with Crippen LogP contribution in [0.5, 0.6) is 5.75 Å². The van der Waals surface area contributed by atoms with Crippen molar-refractivity contribution in [1.82, 2.24) is 0 Å². The van der Waals surface area contributed by atoms with Crippen molar-refractivity contribution < 1.29 is 19.0 Å². The van der Waals surface area contributed by atoms with E-state index in [1.807, 2.05) is 13.0 Å². The number of rotatable bonds is 8. The number of benzene rings is 2. The van der Waals surface area contributed by atoms with E-state index in [1.54, 1.807) is 43.2 Å². The first-order valence-corrected chi connectivity index (χ1v) is 8.32. The Hall–Kier alpha value is -2.40. The third-order valence-corrected chi connectivity index (χ3v) is 4.10. The topological polar surface area (TPSA) is 49.8 Å². The van der Waals surface area contributed by atoms with E-state index in [1.165, 1.54) is 6.07 Å². The molecule has 0 unspecified atom stereocenters. The number of aryl methyl sites for hydroxylation is 1. The van der Waals surface area contributed by atoms with E-state index in [0.29, 0.717) is 34.5 Å². The lowest BCUT2D eigenvalue weighted by Crippen LogP contribution is -2.25. The Morgan fingerprint density at radius 3 is 2.60 bits per heavy atom. The SMILES string of the molecule is CCCC(=O)c1ccc(OC)cc1N(CO)Cc1ccc(C)c(F)c1. The zero-order valence-electron chi connectivity index (χ0n) is 14.9. The summed E-state index contributed by atoms with van der Waals surface area (Å²) in [5.41, 5.74) is 2.40. The molecule has 0 heterocycles. The van der Waals surface area contributed by atoms with E-state index in [4.69, 9.17) is 4.74 Å². The predicted octanol–water partition coefficient (Wildman–Crippen LogP) is 4.08. The molecule has 0 atom stereocenters. The van der Waals surface area contributed by atoms with Gasteiger partial charge in [0.2, 0.25) is 0 Å². The molecule has 0 aliphatic heterocycles. The number of halogens is 1. The van der Waals surface area contributed by atoms with Gasteiger partial charge in [0.05, 0.1) is 12.8 Å². The maximum Gasteiger partial charge on any atom is 0.164 e. The zero-order valence-corrected chi connectivity index (χ0v) is 14.9. The molecule has 0 spiro atoms. The van der Waals surface area contributed by atoms with Gasteiger partial charge in [-0.25, -0.2) is 4.39 Å². The molecule has 0 aliphatic rings. The van der Waals surface area contributed by atoms with Gasteiger partial charge in [0, 0.05) is 24.6 Å². The first-order valence-electron chi connectivity index (χ1n) is 8.32. The van der Waals surface area contributed by atoms with Crippen LogP contribution in [0.3, 0.4) is 0 Å². The highest BCUT2D eigenvalue weighted by Crippen LogP contribution is 2.29. The molecule has 134 valence electrons. The highest BCUT2D eigenvalue weighted by atomic mass is 19.1. The van der Waals surface area contributed by atoms with Gasteiger partial charge in [0.1, 0.15) is 18.3 Å². The molecule has 5 heteroatoms. The second-order valence-electron chi connectivity index (χ2n) is 5.98. The highest BCUT2D eigenvalue weighted by molar-refractivity contribution is 6.01. The van der Waals surface area contributed by atoms with E-state index in [9.17, 15) is 14.3 Å². The van der Waals surface area contributed by atoms with Crippen LogP contribution in [0.2, 0.25) is 0 Å². The molecular weight excluding hydrogens is 321 g/mol. The van der Waals surface area contributed by atoms with Crippen LogP contribution in [-0.2, 0) is 6.54 Å². The summed E-state index contributed by atoms with van der Waals surface area (Å²) in [5.74, 6) is 0.314.